The monoisotopic (exact) mass is 426 g/mol. The fraction of sp³-hybridized carbons (Fsp3) is 0.190. The van der Waals surface area contributed by atoms with Crippen molar-refractivity contribution in [2.45, 2.75) is 12.8 Å². The molecule has 0 saturated heterocycles. The lowest BCUT2D eigenvalue weighted by Gasteiger charge is -2.12. The van der Waals surface area contributed by atoms with Gasteiger partial charge in [-0.1, -0.05) is 35.3 Å². The van der Waals surface area contributed by atoms with Gasteiger partial charge < -0.3 is 10.6 Å². The zero-order chi connectivity index (χ0) is 20.1. The minimum Gasteiger partial charge on any atom is -0.370 e. The molecule has 8 heteroatoms. The summed E-state index contributed by atoms with van der Waals surface area (Å²) in [7, 11) is 0. The van der Waals surface area contributed by atoms with E-state index >= 15 is 0 Å². The maximum Gasteiger partial charge on any atom is 0.163 e. The molecule has 2 heterocycles. The van der Waals surface area contributed by atoms with Crippen LogP contribution in [0.4, 0.5) is 11.6 Å². The molecule has 0 bridgehead atoms. The van der Waals surface area contributed by atoms with Gasteiger partial charge in [-0.25, -0.2) is 9.97 Å². The third-order valence-electron chi connectivity index (χ3n) is 4.49. The molecule has 0 fully saturated rings. The molecule has 4 aromatic rings. The first-order valence-electron chi connectivity index (χ1n) is 9.40. The molecule has 0 aliphatic carbocycles. The van der Waals surface area contributed by atoms with Gasteiger partial charge in [-0.15, -0.1) is 0 Å². The van der Waals surface area contributed by atoms with E-state index in [1.165, 1.54) is 0 Å². The van der Waals surface area contributed by atoms with Crippen LogP contribution in [0.15, 0.2) is 54.7 Å². The Hall–Kier alpha value is -2.83. The van der Waals surface area contributed by atoms with Crippen LogP contribution in [-0.2, 0) is 0 Å². The quantitative estimate of drug-likeness (QED) is 0.318. The van der Waals surface area contributed by atoms with Crippen molar-refractivity contribution in [2.75, 3.05) is 23.7 Å². The first kappa shape index (κ1) is 19.5. The van der Waals surface area contributed by atoms with Crippen molar-refractivity contribution in [2.24, 2.45) is 0 Å². The molecule has 2 aromatic carbocycles. The number of aromatic amines is 1. The number of fused-ring (bicyclic) bond motifs is 1. The van der Waals surface area contributed by atoms with Gasteiger partial charge in [0.1, 0.15) is 11.6 Å². The zero-order valence-corrected chi connectivity index (χ0v) is 17.1. The molecule has 0 saturated carbocycles. The molecule has 0 radical (unpaired) electrons. The summed E-state index contributed by atoms with van der Waals surface area (Å²) < 4.78 is 0. The number of benzene rings is 2. The molecular weight excluding hydrogens is 407 g/mol. The molecular formula is C21H20Cl2N6. The van der Waals surface area contributed by atoms with Crippen LogP contribution >= 0.6 is 23.2 Å². The number of H-pyrrole nitrogens is 1. The topological polar surface area (TPSA) is 78.5 Å². The summed E-state index contributed by atoms with van der Waals surface area (Å²) in [6.45, 7) is 1.68. The Morgan fingerprint density at radius 2 is 1.72 bits per heavy atom. The molecule has 2 aromatic heterocycles. The van der Waals surface area contributed by atoms with E-state index in [0.29, 0.717) is 15.9 Å². The number of anilines is 2. The number of hydrogen-bond acceptors (Lipinski definition) is 5. The van der Waals surface area contributed by atoms with E-state index in [9.17, 15) is 0 Å². The van der Waals surface area contributed by atoms with E-state index in [1.54, 1.807) is 18.3 Å². The molecule has 29 heavy (non-hydrogen) atoms. The molecule has 148 valence electrons. The summed E-state index contributed by atoms with van der Waals surface area (Å²) in [4.78, 5) is 9.43. The fourth-order valence-corrected chi connectivity index (χ4v) is 3.53. The predicted molar refractivity (Wildman–Crippen MR) is 120 cm³/mol. The molecule has 6 nitrogen and oxygen atoms in total. The van der Waals surface area contributed by atoms with Crippen LogP contribution in [0.25, 0.3) is 22.3 Å². The maximum atomic E-state index is 6.37. The standard InChI is InChI=1S/C21H20Cl2N6/c22-14-7-8-15(17(23)13-14)21-27-18-6-2-1-5-16(18)20(28-21)25-11-4-3-10-24-19-9-12-26-29-19/h1-2,5-9,12-13H,3-4,10-11H2,(H2,24,26,29)(H,25,27,28). The summed E-state index contributed by atoms with van der Waals surface area (Å²) in [5, 5.41) is 15.7. The summed E-state index contributed by atoms with van der Waals surface area (Å²) in [5.41, 5.74) is 1.63. The molecule has 3 N–H and O–H groups in total. The number of unbranched alkanes of at least 4 members (excludes halogenated alkanes) is 1. The first-order chi connectivity index (χ1) is 14.2. The number of para-hydroxylation sites is 1. The van der Waals surface area contributed by atoms with Gasteiger partial charge in [0.05, 0.1) is 16.7 Å². The van der Waals surface area contributed by atoms with Crippen LogP contribution in [0.3, 0.4) is 0 Å². The van der Waals surface area contributed by atoms with Crippen molar-refractivity contribution in [1.82, 2.24) is 20.2 Å². The lowest BCUT2D eigenvalue weighted by atomic mass is 10.1. The Labute approximate surface area is 178 Å². The number of rotatable bonds is 8. The van der Waals surface area contributed by atoms with E-state index in [4.69, 9.17) is 28.2 Å². The van der Waals surface area contributed by atoms with Crippen molar-refractivity contribution < 1.29 is 0 Å². The normalized spacial score (nSPS) is 11.0. The second kappa shape index (κ2) is 9.11. The molecule has 0 atom stereocenters. The van der Waals surface area contributed by atoms with E-state index < -0.39 is 0 Å². The number of aromatic nitrogens is 4. The molecule has 0 unspecified atom stereocenters. The third-order valence-corrected chi connectivity index (χ3v) is 5.04. The summed E-state index contributed by atoms with van der Waals surface area (Å²) >= 11 is 12.4. The molecule has 4 rings (SSSR count). The van der Waals surface area contributed by atoms with Crippen molar-refractivity contribution >= 4 is 45.7 Å². The highest BCUT2D eigenvalue weighted by Crippen LogP contribution is 2.31. The first-order valence-corrected chi connectivity index (χ1v) is 10.2. The number of nitrogens with one attached hydrogen (secondary N) is 3. The van der Waals surface area contributed by atoms with Crippen LogP contribution in [-0.4, -0.2) is 33.3 Å². The van der Waals surface area contributed by atoms with Gasteiger partial charge in [-0.3, -0.25) is 5.10 Å². The Balaban J connectivity index is 1.47. The van der Waals surface area contributed by atoms with Crippen LogP contribution in [0, 0.1) is 0 Å². The van der Waals surface area contributed by atoms with Crippen LogP contribution in [0.2, 0.25) is 10.0 Å². The average Bonchev–Trinajstić information content (AvgIpc) is 3.24. The Morgan fingerprint density at radius 3 is 2.52 bits per heavy atom. The molecule has 0 aliphatic rings. The van der Waals surface area contributed by atoms with Gasteiger partial charge in [0.15, 0.2) is 5.82 Å². The zero-order valence-electron chi connectivity index (χ0n) is 15.6. The number of nitrogens with zero attached hydrogens (tertiary/aromatic N) is 3. The number of halogens is 2. The van der Waals surface area contributed by atoms with E-state index in [0.717, 1.165) is 54.0 Å². The van der Waals surface area contributed by atoms with Gasteiger partial charge in [0.25, 0.3) is 0 Å². The van der Waals surface area contributed by atoms with Crippen LogP contribution in [0.1, 0.15) is 12.8 Å². The van der Waals surface area contributed by atoms with E-state index in [1.807, 2.05) is 36.4 Å². The minimum absolute atomic E-state index is 0.531. The summed E-state index contributed by atoms with van der Waals surface area (Å²) in [6.07, 6.45) is 3.75. The highest BCUT2D eigenvalue weighted by molar-refractivity contribution is 6.36. The lowest BCUT2D eigenvalue weighted by Crippen LogP contribution is -2.08. The largest absolute Gasteiger partial charge is 0.370 e. The molecule has 0 amide bonds. The molecule has 0 aliphatic heterocycles. The molecule has 0 spiro atoms. The SMILES string of the molecule is Clc1ccc(-c2nc(NCCCCNc3ccn[nH]3)c3ccccc3n2)c(Cl)c1. The highest BCUT2D eigenvalue weighted by Gasteiger charge is 2.12. The van der Waals surface area contributed by atoms with E-state index in [-0.39, 0.29) is 0 Å². The third kappa shape index (κ3) is 4.78. The average molecular weight is 427 g/mol. The van der Waals surface area contributed by atoms with Crippen molar-refractivity contribution in [3.63, 3.8) is 0 Å². The van der Waals surface area contributed by atoms with Crippen LogP contribution in [0.5, 0.6) is 0 Å². The summed E-state index contributed by atoms with van der Waals surface area (Å²) in [6, 6.07) is 15.2. The predicted octanol–water partition coefficient (Wildman–Crippen LogP) is 5.63. The maximum absolute atomic E-state index is 6.37. The van der Waals surface area contributed by atoms with Crippen molar-refractivity contribution in [3.8, 4) is 11.4 Å². The minimum atomic E-state index is 0.531. The fourth-order valence-electron chi connectivity index (χ4n) is 3.04. The van der Waals surface area contributed by atoms with Gasteiger partial charge in [-0.05, 0) is 49.2 Å². The van der Waals surface area contributed by atoms with Crippen LogP contribution < -0.4 is 10.6 Å². The Bertz CT molecular complexity index is 1100. The van der Waals surface area contributed by atoms with Crippen molar-refractivity contribution in [3.05, 3.63) is 64.8 Å². The lowest BCUT2D eigenvalue weighted by molar-refractivity contribution is 0.791. The van der Waals surface area contributed by atoms with E-state index in [2.05, 4.69) is 25.8 Å². The second-order valence-corrected chi connectivity index (χ2v) is 7.41. The number of hydrogen-bond donors (Lipinski definition) is 3. The van der Waals surface area contributed by atoms with Gasteiger partial charge in [-0.2, -0.15) is 5.10 Å². The smallest absolute Gasteiger partial charge is 0.163 e. The Kier molecular flexibility index (Phi) is 6.12. The van der Waals surface area contributed by atoms with Gasteiger partial charge >= 0.3 is 0 Å². The van der Waals surface area contributed by atoms with Crippen molar-refractivity contribution in [1.29, 1.82) is 0 Å². The van der Waals surface area contributed by atoms with Gasteiger partial charge in [0, 0.05) is 29.1 Å². The second-order valence-electron chi connectivity index (χ2n) is 6.57. The summed E-state index contributed by atoms with van der Waals surface area (Å²) in [5.74, 6) is 2.32. The Morgan fingerprint density at radius 1 is 0.897 bits per heavy atom. The van der Waals surface area contributed by atoms with Gasteiger partial charge in [0.2, 0.25) is 0 Å². The highest BCUT2D eigenvalue weighted by atomic mass is 35.5.